The lowest BCUT2D eigenvalue weighted by Crippen LogP contribution is -2.47. The van der Waals surface area contributed by atoms with Gasteiger partial charge in [0.05, 0.1) is 25.6 Å². The Labute approximate surface area is 208 Å². The second-order valence-corrected chi connectivity index (χ2v) is 8.32. The third-order valence-corrected chi connectivity index (χ3v) is 5.71. The van der Waals surface area contributed by atoms with Gasteiger partial charge in [0.1, 0.15) is 11.8 Å². The summed E-state index contributed by atoms with van der Waals surface area (Å²) in [7, 11) is 0. The fraction of sp³-hybridized carbons (Fsp3) is 0.179. The van der Waals surface area contributed by atoms with E-state index in [-0.39, 0.29) is 24.8 Å². The molecule has 0 aliphatic heterocycles. The summed E-state index contributed by atoms with van der Waals surface area (Å²) >= 11 is 0. The molecule has 0 bridgehead atoms. The van der Waals surface area contributed by atoms with E-state index in [1.807, 2.05) is 50.2 Å². The Morgan fingerprint density at radius 2 is 1.56 bits per heavy atom. The predicted octanol–water partition coefficient (Wildman–Crippen LogP) is 4.31. The number of carbonyl (C=O) groups excluding carboxylic acids is 3. The second kappa shape index (κ2) is 11.2. The number of amides is 3. The normalized spacial score (nSPS) is 11.5. The first-order chi connectivity index (χ1) is 17.4. The van der Waals surface area contributed by atoms with E-state index in [2.05, 4.69) is 10.6 Å². The minimum atomic E-state index is -0.991. The maximum absolute atomic E-state index is 13.7. The van der Waals surface area contributed by atoms with Crippen molar-refractivity contribution in [2.75, 3.05) is 11.4 Å². The quantitative estimate of drug-likeness (QED) is 0.368. The topological polar surface area (TPSA) is 105 Å². The number of hydrogen-bond acceptors (Lipinski definition) is 5. The molecule has 0 aliphatic rings. The number of benzene rings is 2. The van der Waals surface area contributed by atoms with Gasteiger partial charge in [-0.15, -0.1) is 0 Å². The molecular formula is C28H27N3O5. The summed E-state index contributed by atoms with van der Waals surface area (Å²) in [6.45, 7) is 3.65. The number of furan rings is 2. The molecule has 4 aromatic rings. The summed E-state index contributed by atoms with van der Waals surface area (Å²) in [5.41, 5.74) is 3.02. The largest absolute Gasteiger partial charge is 0.467 e. The van der Waals surface area contributed by atoms with E-state index < -0.39 is 17.9 Å². The number of nitrogens with zero attached hydrogens (tertiary/aromatic N) is 1. The van der Waals surface area contributed by atoms with Crippen LogP contribution in [0.1, 0.15) is 39.0 Å². The minimum Gasteiger partial charge on any atom is -0.467 e. The van der Waals surface area contributed by atoms with Crippen LogP contribution in [0.2, 0.25) is 0 Å². The molecule has 2 aromatic heterocycles. The molecule has 2 N–H and O–H groups in total. The molecule has 0 unspecified atom stereocenters. The van der Waals surface area contributed by atoms with Crippen molar-refractivity contribution < 1.29 is 23.2 Å². The van der Waals surface area contributed by atoms with Gasteiger partial charge >= 0.3 is 0 Å². The van der Waals surface area contributed by atoms with Crippen LogP contribution in [-0.4, -0.2) is 24.3 Å². The van der Waals surface area contributed by atoms with Gasteiger partial charge in [-0.25, -0.2) is 0 Å². The highest BCUT2D eigenvalue weighted by Crippen LogP contribution is 2.31. The molecule has 8 nitrogen and oxygen atoms in total. The highest BCUT2D eigenvalue weighted by Gasteiger charge is 2.33. The SMILES string of the molecule is Cc1ccc([C@@H](C(=O)NCc2ccco2)N(C(=O)CNC(=O)c2ccco2)c2ccccc2C)cc1. The van der Waals surface area contributed by atoms with Crippen LogP contribution < -0.4 is 15.5 Å². The zero-order valence-corrected chi connectivity index (χ0v) is 20.1. The molecule has 0 aliphatic carbocycles. The smallest absolute Gasteiger partial charge is 0.287 e. The van der Waals surface area contributed by atoms with Gasteiger partial charge in [-0.3, -0.25) is 19.3 Å². The van der Waals surface area contributed by atoms with Crippen molar-refractivity contribution in [1.82, 2.24) is 10.6 Å². The molecule has 0 spiro atoms. The molecule has 0 fully saturated rings. The van der Waals surface area contributed by atoms with Crippen molar-refractivity contribution in [1.29, 1.82) is 0 Å². The Morgan fingerprint density at radius 1 is 0.833 bits per heavy atom. The van der Waals surface area contributed by atoms with Crippen molar-refractivity contribution >= 4 is 23.4 Å². The van der Waals surface area contributed by atoms with Gasteiger partial charge in [0, 0.05) is 5.69 Å². The number of nitrogens with one attached hydrogen (secondary N) is 2. The standard InChI is InChI=1S/C28H27N3O5/c1-19-11-13-21(14-12-19)26(28(34)29-17-22-8-5-15-35-22)31(23-9-4-3-7-20(23)2)25(32)18-30-27(33)24-10-6-16-36-24/h3-16,26H,17-18H2,1-2H3,(H,29,34)(H,30,33)/t26-/m0/s1. The van der Waals surface area contributed by atoms with Crippen LogP contribution in [0.5, 0.6) is 0 Å². The van der Waals surface area contributed by atoms with Crippen LogP contribution >= 0.6 is 0 Å². The summed E-state index contributed by atoms with van der Waals surface area (Å²) in [5.74, 6) is -0.679. The number of aryl methyl sites for hydroxylation is 2. The summed E-state index contributed by atoms with van der Waals surface area (Å²) in [6, 6.07) is 20.3. The number of rotatable bonds is 9. The number of carbonyl (C=O) groups is 3. The molecule has 3 amide bonds. The van der Waals surface area contributed by atoms with Gasteiger partial charge in [0.25, 0.3) is 5.91 Å². The Bertz CT molecular complexity index is 1310. The maximum atomic E-state index is 13.7. The zero-order chi connectivity index (χ0) is 25.5. The van der Waals surface area contributed by atoms with Crippen LogP contribution in [-0.2, 0) is 16.1 Å². The summed E-state index contributed by atoms with van der Waals surface area (Å²) < 4.78 is 10.5. The van der Waals surface area contributed by atoms with Gasteiger partial charge in [-0.2, -0.15) is 0 Å². The lowest BCUT2D eigenvalue weighted by Gasteiger charge is -2.32. The minimum absolute atomic E-state index is 0.0940. The fourth-order valence-corrected chi connectivity index (χ4v) is 3.84. The molecule has 0 saturated heterocycles. The third kappa shape index (κ3) is 5.72. The molecule has 184 valence electrons. The number of anilines is 1. The van der Waals surface area contributed by atoms with Crippen molar-refractivity contribution in [3.05, 3.63) is 114 Å². The Balaban J connectivity index is 1.68. The summed E-state index contributed by atoms with van der Waals surface area (Å²) in [4.78, 5) is 41.1. The highest BCUT2D eigenvalue weighted by atomic mass is 16.3. The van der Waals surface area contributed by atoms with E-state index in [0.29, 0.717) is 17.0 Å². The Kier molecular flexibility index (Phi) is 7.65. The van der Waals surface area contributed by atoms with Gasteiger partial charge < -0.3 is 19.5 Å². The van der Waals surface area contributed by atoms with Crippen molar-refractivity contribution in [3.8, 4) is 0 Å². The van der Waals surface area contributed by atoms with Gasteiger partial charge in [0.2, 0.25) is 11.8 Å². The lowest BCUT2D eigenvalue weighted by atomic mass is 10.0. The van der Waals surface area contributed by atoms with E-state index in [9.17, 15) is 14.4 Å². The van der Waals surface area contributed by atoms with Crippen LogP contribution in [0.25, 0.3) is 0 Å². The molecule has 0 radical (unpaired) electrons. The average molecular weight is 486 g/mol. The summed E-state index contributed by atoms with van der Waals surface area (Å²) in [5, 5.41) is 5.47. The average Bonchev–Trinajstić information content (AvgIpc) is 3.60. The molecule has 8 heteroatoms. The highest BCUT2D eigenvalue weighted by molar-refractivity contribution is 6.04. The fourth-order valence-electron chi connectivity index (χ4n) is 3.84. The van der Waals surface area contributed by atoms with Crippen LogP contribution in [0, 0.1) is 13.8 Å². The van der Waals surface area contributed by atoms with Crippen LogP contribution in [0.4, 0.5) is 5.69 Å². The third-order valence-electron chi connectivity index (χ3n) is 5.71. The summed E-state index contributed by atoms with van der Waals surface area (Å²) in [6.07, 6.45) is 2.91. The molecule has 4 rings (SSSR count). The van der Waals surface area contributed by atoms with E-state index in [1.54, 1.807) is 30.3 Å². The molecule has 2 aromatic carbocycles. The molecule has 1 atom stereocenters. The Morgan fingerprint density at radius 3 is 2.22 bits per heavy atom. The maximum Gasteiger partial charge on any atom is 0.287 e. The molecule has 2 heterocycles. The predicted molar refractivity (Wildman–Crippen MR) is 134 cm³/mol. The second-order valence-electron chi connectivity index (χ2n) is 8.32. The van der Waals surface area contributed by atoms with Gasteiger partial charge in [0.15, 0.2) is 5.76 Å². The first-order valence-corrected chi connectivity index (χ1v) is 11.5. The van der Waals surface area contributed by atoms with E-state index in [4.69, 9.17) is 8.83 Å². The molecule has 36 heavy (non-hydrogen) atoms. The lowest BCUT2D eigenvalue weighted by molar-refractivity contribution is -0.126. The van der Waals surface area contributed by atoms with E-state index in [1.165, 1.54) is 23.5 Å². The van der Waals surface area contributed by atoms with Crippen molar-refractivity contribution in [2.24, 2.45) is 0 Å². The zero-order valence-electron chi connectivity index (χ0n) is 20.1. The number of hydrogen-bond donors (Lipinski definition) is 2. The van der Waals surface area contributed by atoms with Gasteiger partial charge in [-0.05, 0) is 55.3 Å². The van der Waals surface area contributed by atoms with Crippen LogP contribution in [0.15, 0.2) is 94.2 Å². The molecule has 0 saturated carbocycles. The van der Waals surface area contributed by atoms with Crippen LogP contribution in [0.3, 0.4) is 0 Å². The number of para-hydroxylation sites is 1. The van der Waals surface area contributed by atoms with E-state index >= 15 is 0 Å². The van der Waals surface area contributed by atoms with Crippen molar-refractivity contribution in [2.45, 2.75) is 26.4 Å². The van der Waals surface area contributed by atoms with E-state index in [0.717, 1.165) is 11.1 Å². The Hall–Kier alpha value is -4.59. The molecular weight excluding hydrogens is 458 g/mol. The monoisotopic (exact) mass is 485 g/mol. The van der Waals surface area contributed by atoms with Gasteiger partial charge in [-0.1, -0.05) is 48.0 Å². The first-order valence-electron chi connectivity index (χ1n) is 11.5. The first kappa shape index (κ1) is 24.5. The van der Waals surface area contributed by atoms with Crippen molar-refractivity contribution in [3.63, 3.8) is 0 Å².